The Morgan fingerprint density at radius 1 is 0.964 bits per heavy atom. The summed E-state index contributed by atoms with van der Waals surface area (Å²) in [7, 11) is -4.60. The van der Waals surface area contributed by atoms with E-state index in [1.165, 1.54) is 96.2 Å². The Kier molecular flexibility index (Phi) is 19.5. The van der Waals surface area contributed by atoms with Crippen LogP contribution in [0.5, 0.6) is 0 Å². The van der Waals surface area contributed by atoms with E-state index in [4.69, 9.17) is 34.3 Å². The first-order valence-electron chi connectivity index (χ1n) is 20.2. The van der Waals surface area contributed by atoms with Gasteiger partial charge in [0.2, 0.25) is 0 Å². The molecule has 14 nitrogen and oxygen atoms in total. The normalized spacial score (nSPS) is 20.1. The highest BCUT2D eigenvalue weighted by molar-refractivity contribution is 7.47. The smallest absolute Gasteiger partial charge is 0.390 e. The summed E-state index contributed by atoms with van der Waals surface area (Å²) in [6, 6.07) is 8.88. The molecule has 1 saturated heterocycles. The van der Waals surface area contributed by atoms with E-state index in [1.54, 1.807) is 41.9 Å². The number of anilines is 1. The van der Waals surface area contributed by atoms with Crippen LogP contribution in [-0.4, -0.2) is 73.8 Å². The standard InChI is InChI=1S/C40H63N6O8P/c1-3-4-5-6-7-8-9-10-11-12-13-14-15-16-17-18-23-50-28-34(51-27-32-19-20-33(25-41)43-26-32)29-52-55(48,49)53-30-40(2)38(47)24-37(54-40)35-21-22-36-39(42)44-31-45-46(35)36/h19-22,26,31,34,37-38,47H,3-18,23-24,27-30H2,1-2H3,(H,48,49)(H2,42,44,45)/t34?,37-,38+,40-/m1/s1. The second-order valence-corrected chi connectivity index (χ2v) is 16.3. The van der Waals surface area contributed by atoms with Crippen molar-refractivity contribution < 1.29 is 37.8 Å². The van der Waals surface area contributed by atoms with E-state index in [-0.39, 0.29) is 26.2 Å². The van der Waals surface area contributed by atoms with Gasteiger partial charge in [0, 0.05) is 19.2 Å². The number of hydrogen-bond donors (Lipinski definition) is 3. The van der Waals surface area contributed by atoms with E-state index in [9.17, 15) is 14.6 Å². The molecule has 4 rings (SSSR count). The zero-order valence-corrected chi connectivity index (χ0v) is 33.8. The van der Waals surface area contributed by atoms with Crippen LogP contribution in [0.25, 0.3) is 5.52 Å². The Hall–Kier alpha value is -2.99. The number of aliphatic hydroxyl groups excluding tert-OH is 1. The quantitative estimate of drug-likeness (QED) is 0.0451. The molecular formula is C40H63N6O8P. The summed E-state index contributed by atoms with van der Waals surface area (Å²) >= 11 is 0. The van der Waals surface area contributed by atoms with Gasteiger partial charge in [-0.05, 0) is 37.1 Å². The Labute approximate surface area is 326 Å². The molecule has 5 atom stereocenters. The maximum absolute atomic E-state index is 13.0. The van der Waals surface area contributed by atoms with E-state index in [0.717, 1.165) is 18.4 Å². The van der Waals surface area contributed by atoms with Gasteiger partial charge in [0.25, 0.3) is 0 Å². The van der Waals surface area contributed by atoms with Crippen LogP contribution in [0.15, 0.2) is 36.8 Å². The summed E-state index contributed by atoms with van der Waals surface area (Å²) in [6.45, 7) is 4.00. The molecule has 0 radical (unpaired) electrons. The third-order valence-corrected chi connectivity index (χ3v) is 11.1. The third-order valence-electron chi connectivity index (χ3n) is 10.2. The van der Waals surface area contributed by atoms with Crippen LogP contribution in [0.3, 0.4) is 0 Å². The monoisotopic (exact) mass is 786 g/mol. The lowest BCUT2D eigenvalue weighted by Gasteiger charge is -2.28. The number of phosphoric acid groups is 1. The first kappa shape index (κ1) is 44.7. The van der Waals surface area contributed by atoms with Crippen LogP contribution in [0.2, 0.25) is 0 Å². The predicted octanol–water partition coefficient (Wildman–Crippen LogP) is 8.16. The predicted molar refractivity (Wildman–Crippen MR) is 210 cm³/mol. The van der Waals surface area contributed by atoms with Crippen LogP contribution >= 0.6 is 7.82 Å². The van der Waals surface area contributed by atoms with Gasteiger partial charge in [-0.15, -0.1) is 0 Å². The number of phosphoric ester groups is 1. The molecule has 0 bridgehead atoms. The Bertz CT molecular complexity index is 1620. The van der Waals surface area contributed by atoms with Gasteiger partial charge in [-0.3, -0.25) is 9.05 Å². The summed E-state index contributed by atoms with van der Waals surface area (Å²) < 4.78 is 43.4. The average molecular weight is 787 g/mol. The first-order chi connectivity index (χ1) is 26.6. The molecule has 55 heavy (non-hydrogen) atoms. The van der Waals surface area contributed by atoms with Crippen molar-refractivity contribution in [1.82, 2.24) is 19.6 Å². The second kappa shape index (κ2) is 23.9. The molecular weight excluding hydrogens is 723 g/mol. The van der Waals surface area contributed by atoms with Gasteiger partial charge in [-0.2, -0.15) is 10.4 Å². The Morgan fingerprint density at radius 2 is 1.62 bits per heavy atom. The van der Waals surface area contributed by atoms with Gasteiger partial charge in [0.1, 0.15) is 41.4 Å². The number of nitrogens with two attached hydrogens (primary N) is 1. The lowest BCUT2D eigenvalue weighted by atomic mass is 9.99. The van der Waals surface area contributed by atoms with Gasteiger partial charge >= 0.3 is 7.82 Å². The van der Waals surface area contributed by atoms with E-state index in [0.29, 0.717) is 29.3 Å². The molecule has 15 heteroatoms. The fraction of sp³-hybridized carbons (Fsp3) is 0.700. The molecule has 1 aliphatic rings. The fourth-order valence-corrected chi connectivity index (χ4v) is 7.61. The summed E-state index contributed by atoms with van der Waals surface area (Å²) in [6.07, 6.45) is 21.5. The molecule has 3 aromatic rings. The molecule has 306 valence electrons. The van der Waals surface area contributed by atoms with Gasteiger partial charge in [-0.1, -0.05) is 109 Å². The molecule has 0 aliphatic carbocycles. The molecule has 0 saturated carbocycles. The van der Waals surface area contributed by atoms with Crippen LogP contribution in [0, 0.1) is 11.3 Å². The molecule has 0 amide bonds. The molecule has 2 unspecified atom stereocenters. The number of nitriles is 1. The molecule has 0 spiro atoms. The number of nitrogens with zero attached hydrogens (tertiary/aromatic N) is 5. The minimum absolute atomic E-state index is 0.135. The van der Waals surface area contributed by atoms with Crippen molar-refractivity contribution in [2.75, 3.05) is 32.2 Å². The minimum atomic E-state index is -4.60. The molecule has 3 aromatic heterocycles. The molecule has 0 aromatic carbocycles. The zero-order chi connectivity index (χ0) is 39.4. The zero-order valence-electron chi connectivity index (χ0n) is 32.9. The number of ether oxygens (including phenoxy) is 3. The van der Waals surface area contributed by atoms with E-state index in [1.807, 2.05) is 6.07 Å². The average Bonchev–Trinajstić information content (AvgIpc) is 3.75. The largest absolute Gasteiger partial charge is 0.472 e. The summed E-state index contributed by atoms with van der Waals surface area (Å²) in [5, 5.41) is 24.2. The van der Waals surface area contributed by atoms with Gasteiger partial charge in [0.05, 0.1) is 38.2 Å². The van der Waals surface area contributed by atoms with Crippen molar-refractivity contribution in [3.05, 3.63) is 53.7 Å². The Balaban J connectivity index is 1.14. The van der Waals surface area contributed by atoms with Gasteiger partial charge < -0.3 is 29.9 Å². The number of aromatic nitrogens is 4. The SMILES string of the molecule is CCCCCCCCCCCCCCCCCCOCC(COP(=O)(O)OC[C@@]1(C)O[C@@H](c2ccc3c(N)ncnn23)C[C@@H]1O)OCc1ccc(C#N)nc1. The van der Waals surface area contributed by atoms with Crippen LogP contribution in [0.1, 0.15) is 146 Å². The van der Waals surface area contributed by atoms with Crippen molar-refractivity contribution in [3.8, 4) is 6.07 Å². The maximum Gasteiger partial charge on any atom is 0.472 e. The number of fused-ring (bicyclic) bond motifs is 1. The van der Waals surface area contributed by atoms with Gasteiger partial charge in [-0.25, -0.2) is 19.0 Å². The highest BCUT2D eigenvalue weighted by Gasteiger charge is 2.47. The molecule has 1 aliphatic heterocycles. The van der Waals surface area contributed by atoms with Crippen molar-refractivity contribution in [2.24, 2.45) is 0 Å². The summed E-state index contributed by atoms with van der Waals surface area (Å²) in [4.78, 5) is 18.7. The van der Waals surface area contributed by atoms with Crippen LogP contribution < -0.4 is 5.73 Å². The highest BCUT2D eigenvalue weighted by atomic mass is 31.2. The lowest BCUT2D eigenvalue weighted by molar-refractivity contribution is -0.101. The summed E-state index contributed by atoms with van der Waals surface area (Å²) in [5.41, 5.74) is 6.94. The number of unbranched alkanes of at least 4 members (excludes halogenated alkanes) is 15. The number of aliphatic hydroxyl groups is 1. The van der Waals surface area contributed by atoms with Gasteiger partial charge in [0.15, 0.2) is 5.82 Å². The van der Waals surface area contributed by atoms with Crippen molar-refractivity contribution in [3.63, 3.8) is 0 Å². The summed E-state index contributed by atoms with van der Waals surface area (Å²) in [5.74, 6) is 0.311. The first-order valence-corrected chi connectivity index (χ1v) is 21.7. The van der Waals surface area contributed by atoms with E-state index in [2.05, 4.69) is 22.0 Å². The van der Waals surface area contributed by atoms with Crippen LogP contribution in [-0.2, 0) is 34.4 Å². The minimum Gasteiger partial charge on any atom is -0.390 e. The lowest BCUT2D eigenvalue weighted by Crippen LogP contribution is -2.40. The Morgan fingerprint density at radius 3 is 2.24 bits per heavy atom. The molecule has 1 fully saturated rings. The fourth-order valence-electron chi connectivity index (χ4n) is 6.76. The molecule has 4 heterocycles. The van der Waals surface area contributed by atoms with E-state index < -0.39 is 38.3 Å². The molecule has 4 N–H and O–H groups in total. The topological polar surface area (TPSA) is 197 Å². The third kappa shape index (κ3) is 15.5. The van der Waals surface area contributed by atoms with Crippen molar-refractivity contribution in [2.45, 2.75) is 154 Å². The van der Waals surface area contributed by atoms with Crippen LogP contribution in [0.4, 0.5) is 5.82 Å². The van der Waals surface area contributed by atoms with E-state index >= 15 is 0 Å². The van der Waals surface area contributed by atoms with Crippen molar-refractivity contribution in [1.29, 1.82) is 5.26 Å². The highest BCUT2D eigenvalue weighted by Crippen LogP contribution is 2.47. The second-order valence-electron chi connectivity index (χ2n) is 14.9. The number of hydrogen-bond acceptors (Lipinski definition) is 12. The van der Waals surface area contributed by atoms with Crippen molar-refractivity contribution >= 4 is 19.2 Å². The maximum atomic E-state index is 13.0. The number of rotatable bonds is 29. The number of nitrogen functional groups attached to an aromatic ring is 1. The number of pyridine rings is 1.